The van der Waals surface area contributed by atoms with Gasteiger partial charge in [0.25, 0.3) is 0 Å². The lowest BCUT2D eigenvalue weighted by Crippen LogP contribution is -2.53. The van der Waals surface area contributed by atoms with Gasteiger partial charge in [-0.3, -0.25) is 4.79 Å². The van der Waals surface area contributed by atoms with Crippen molar-refractivity contribution in [3.8, 4) is 11.3 Å². The lowest BCUT2D eigenvalue weighted by molar-refractivity contribution is -0.130. The third-order valence-corrected chi connectivity index (χ3v) is 4.61. The summed E-state index contributed by atoms with van der Waals surface area (Å²) in [4.78, 5) is 24.6. The standard InChI is InChI=1S/C20H27N5O2/c1-4-21-20(25-11-9-24(10-12-25)16(3)26)23-14-19-22-13-18(27-19)17-7-5-15(2)6-8-17/h5-8,13H,4,9-12,14H2,1-3H3,(H,21,23). The van der Waals surface area contributed by atoms with Crippen LogP contribution in [0.5, 0.6) is 0 Å². The summed E-state index contributed by atoms with van der Waals surface area (Å²) in [6.45, 7) is 9.85. The number of nitrogens with one attached hydrogen (secondary N) is 1. The number of nitrogens with zero attached hydrogens (tertiary/aromatic N) is 4. The molecular formula is C20H27N5O2. The van der Waals surface area contributed by atoms with E-state index in [9.17, 15) is 4.79 Å². The van der Waals surface area contributed by atoms with E-state index in [0.29, 0.717) is 12.4 Å². The number of aromatic nitrogens is 1. The molecule has 1 saturated heterocycles. The monoisotopic (exact) mass is 369 g/mol. The van der Waals surface area contributed by atoms with Crippen LogP contribution in [0.1, 0.15) is 25.3 Å². The number of guanidine groups is 1. The first-order valence-electron chi connectivity index (χ1n) is 9.37. The van der Waals surface area contributed by atoms with Gasteiger partial charge in [-0.2, -0.15) is 0 Å². The van der Waals surface area contributed by atoms with Crippen LogP contribution in [-0.4, -0.2) is 59.4 Å². The minimum atomic E-state index is 0.125. The molecule has 7 nitrogen and oxygen atoms in total. The van der Waals surface area contributed by atoms with Gasteiger partial charge in [0.05, 0.1) is 6.20 Å². The van der Waals surface area contributed by atoms with Crippen LogP contribution in [0.3, 0.4) is 0 Å². The molecule has 1 aromatic heterocycles. The van der Waals surface area contributed by atoms with Gasteiger partial charge in [-0.05, 0) is 13.8 Å². The van der Waals surface area contributed by atoms with Gasteiger partial charge in [0.1, 0.15) is 6.54 Å². The van der Waals surface area contributed by atoms with Crippen LogP contribution in [0.4, 0.5) is 0 Å². The van der Waals surface area contributed by atoms with Gasteiger partial charge in [0.15, 0.2) is 11.7 Å². The Hall–Kier alpha value is -2.83. The van der Waals surface area contributed by atoms with E-state index in [2.05, 4.69) is 39.2 Å². The van der Waals surface area contributed by atoms with Crippen LogP contribution in [0.25, 0.3) is 11.3 Å². The normalized spacial score (nSPS) is 15.1. The van der Waals surface area contributed by atoms with E-state index in [1.807, 2.05) is 24.0 Å². The molecule has 0 unspecified atom stereocenters. The molecule has 1 amide bonds. The quantitative estimate of drug-likeness (QED) is 0.661. The molecular weight excluding hydrogens is 342 g/mol. The Morgan fingerprint density at radius 3 is 2.48 bits per heavy atom. The van der Waals surface area contributed by atoms with Gasteiger partial charge in [0.2, 0.25) is 11.8 Å². The van der Waals surface area contributed by atoms with E-state index in [1.54, 1.807) is 13.1 Å². The van der Waals surface area contributed by atoms with Crippen LogP contribution in [0, 0.1) is 6.92 Å². The first-order chi connectivity index (χ1) is 13.1. The number of aliphatic imine (C=N–C) groups is 1. The van der Waals surface area contributed by atoms with Crippen LogP contribution in [0.15, 0.2) is 39.9 Å². The Kier molecular flexibility index (Phi) is 6.11. The fourth-order valence-electron chi connectivity index (χ4n) is 3.04. The summed E-state index contributed by atoms with van der Waals surface area (Å²) in [6.07, 6.45) is 1.74. The van der Waals surface area contributed by atoms with Crippen LogP contribution < -0.4 is 5.32 Å². The number of piperazine rings is 1. The molecule has 2 heterocycles. The predicted molar refractivity (Wildman–Crippen MR) is 105 cm³/mol. The Morgan fingerprint density at radius 1 is 1.19 bits per heavy atom. The van der Waals surface area contributed by atoms with Crippen molar-refractivity contribution in [2.75, 3.05) is 32.7 Å². The summed E-state index contributed by atoms with van der Waals surface area (Å²) in [5.41, 5.74) is 2.22. The summed E-state index contributed by atoms with van der Waals surface area (Å²) in [5.74, 6) is 2.29. The van der Waals surface area contributed by atoms with E-state index >= 15 is 0 Å². The summed E-state index contributed by atoms with van der Waals surface area (Å²) in [6, 6.07) is 8.17. The molecule has 2 aromatic rings. The highest BCUT2D eigenvalue weighted by molar-refractivity contribution is 5.80. The number of rotatable bonds is 4. The largest absolute Gasteiger partial charge is 0.439 e. The zero-order valence-electron chi connectivity index (χ0n) is 16.2. The molecule has 144 valence electrons. The molecule has 1 fully saturated rings. The van der Waals surface area contributed by atoms with Crippen molar-refractivity contribution in [1.29, 1.82) is 0 Å². The van der Waals surface area contributed by atoms with Gasteiger partial charge in [0, 0.05) is 45.2 Å². The number of benzene rings is 1. The summed E-state index contributed by atoms with van der Waals surface area (Å²) >= 11 is 0. The second-order valence-electron chi connectivity index (χ2n) is 6.65. The third kappa shape index (κ3) is 4.87. The number of carbonyl (C=O) groups excluding carboxylic acids is 1. The van der Waals surface area contributed by atoms with Gasteiger partial charge in [-0.15, -0.1) is 0 Å². The second-order valence-corrected chi connectivity index (χ2v) is 6.65. The highest BCUT2D eigenvalue weighted by atomic mass is 16.4. The van der Waals surface area contributed by atoms with Gasteiger partial charge >= 0.3 is 0 Å². The van der Waals surface area contributed by atoms with Gasteiger partial charge in [-0.25, -0.2) is 9.98 Å². The first-order valence-corrected chi connectivity index (χ1v) is 9.37. The lowest BCUT2D eigenvalue weighted by Gasteiger charge is -2.36. The lowest BCUT2D eigenvalue weighted by atomic mass is 10.1. The maximum absolute atomic E-state index is 11.5. The number of aryl methyl sites for hydroxylation is 1. The Morgan fingerprint density at radius 2 is 1.85 bits per heavy atom. The van der Waals surface area contributed by atoms with E-state index in [-0.39, 0.29) is 5.91 Å². The average molecular weight is 369 g/mol. The maximum atomic E-state index is 11.5. The third-order valence-electron chi connectivity index (χ3n) is 4.61. The Balaban J connectivity index is 1.65. The summed E-state index contributed by atoms with van der Waals surface area (Å²) in [5, 5.41) is 3.31. The van der Waals surface area contributed by atoms with Gasteiger partial charge < -0.3 is 19.5 Å². The predicted octanol–water partition coefficient (Wildman–Crippen LogP) is 2.28. The maximum Gasteiger partial charge on any atom is 0.219 e. The van der Waals surface area contributed by atoms with Crippen LogP contribution in [-0.2, 0) is 11.3 Å². The number of hydrogen-bond acceptors (Lipinski definition) is 4. The van der Waals surface area contributed by atoms with Crippen molar-refractivity contribution in [3.63, 3.8) is 0 Å². The van der Waals surface area contributed by atoms with Crippen molar-refractivity contribution in [2.24, 2.45) is 4.99 Å². The SMILES string of the molecule is CCNC(=NCc1ncc(-c2ccc(C)cc2)o1)N1CCN(C(C)=O)CC1. The molecule has 0 aliphatic carbocycles. The topological polar surface area (TPSA) is 74.0 Å². The second kappa shape index (κ2) is 8.70. The molecule has 0 saturated carbocycles. The molecule has 0 bridgehead atoms. The molecule has 1 aliphatic heterocycles. The van der Waals surface area contributed by atoms with Crippen molar-refractivity contribution in [3.05, 3.63) is 41.9 Å². The van der Waals surface area contributed by atoms with E-state index < -0.39 is 0 Å². The van der Waals surface area contributed by atoms with Crippen LogP contribution >= 0.6 is 0 Å². The summed E-state index contributed by atoms with van der Waals surface area (Å²) in [7, 11) is 0. The van der Waals surface area contributed by atoms with Gasteiger partial charge in [-0.1, -0.05) is 29.8 Å². The molecule has 0 spiro atoms. The molecule has 7 heteroatoms. The minimum absolute atomic E-state index is 0.125. The zero-order valence-corrected chi connectivity index (χ0v) is 16.2. The molecule has 1 aromatic carbocycles. The van der Waals surface area contributed by atoms with Crippen molar-refractivity contribution < 1.29 is 9.21 Å². The van der Waals surface area contributed by atoms with Crippen molar-refractivity contribution >= 4 is 11.9 Å². The highest BCUT2D eigenvalue weighted by Crippen LogP contribution is 2.21. The molecule has 0 atom stereocenters. The summed E-state index contributed by atoms with van der Waals surface area (Å²) < 4.78 is 5.86. The van der Waals surface area contributed by atoms with E-state index in [0.717, 1.165) is 50.0 Å². The van der Waals surface area contributed by atoms with Crippen molar-refractivity contribution in [2.45, 2.75) is 27.3 Å². The molecule has 27 heavy (non-hydrogen) atoms. The van der Waals surface area contributed by atoms with E-state index in [4.69, 9.17) is 4.42 Å². The van der Waals surface area contributed by atoms with E-state index in [1.165, 1.54) is 5.56 Å². The zero-order chi connectivity index (χ0) is 19.2. The fraction of sp³-hybridized carbons (Fsp3) is 0.450. The number of carbonyl (C=O) groups is 1. The molecule has 0 radical (unpaired) electrons. The molecule has 3 rings (SSSR count). The Bertz CT molecular complexity index is 789. The van der Waals surface area contributed by atoms with Crippen LogP contribution in [0.2, 0.25) is 0 Å². The average Bonchev–Trinajstić information content (AvgIpc) is 3.15. The number of oxazole rings is 1. The molecule has 1 aliphatic rings. The first kappa shape index (κ1) is 18.9. The number of amides is 1. The fourth-order valence-corrected chi connectivity index (χ4v) is 3.04. The minimum Gasteiger partial charge on any atom is -0.439 e. The van der Waals surface area contributed by atoms with Crippen molar-refractivity contribution in [1.82, 2.24) is 20.1 Å². The smallest absolute Gasteiger partial charge is 0.219 e. The highest BCUT2D eigenvalue weighted by Gasteiger charge is 2.21. The number of hydrogen-bond donors (Lipinski definition) is 1. The molecule has 1 N–H and O–H groups in total. The Labute approximate surface area is 160 Å².